The molecule has 1 heterocycles. The minimum Gasteiger partial charge on any atom is -0.483 e. The van der Waals surface area contributed by atoms with E-state index < -0.39 is 0 Å². The van der Waals surface area contributed by atoms with Crippen molar-refractivity contribution in [3.05, 3.63) is 53.6 Å². The third kappa shape index (κ3) is 3.82. The van der Waals surface area contributed by atoms with E-state index in [2.05, 4.69) is 5.32 Å². The van der Waals surface area contributed by atoms with E-state index in [1.54, 1.807) is 11.0 Å². The van der Waals surface area contributed by atoms with Crippen molar-refractivity contribution in [3.8, 4) is 5.75 Å². The van der Waals surface area contributed by atoms with E-state index in [4.69, 9.17) is 4.74 Å². The minimum absolute atomic E-state index is 0.0768. The smallest absolute Gasteiger partial charge is 0.262 e. The molecule has 1 saturated heterocycles. The lowest BCUT2D eigenvalue weighted by Crippen LogP contribution is -2.27. The first-order valence-corrected chi connectivity index (χ1v) is 8.44. The Kier molecular flexibility index (Phi) is 5.03. The monoisotopic (exact) mass is 338 g/mol. The highest BCUT2D eigenvalue weighted by Crippen LogP contribution is 2.29. The molecule has 0 radical (unpaired) electrons. The van der Waals surface area contributed by atoms with Crippen LogP contribution in [0.4, 0.5) is 11.4 Å². The van der Waals surface area contributed by atoms with Crippen LogP contribution in [-0.2, 0) is 9.59 Å². The molecule has 1 aliphatic rings. The molecule has 5 nitrogen and oxygen atoms in total. The van der Waals surface area contributed by atoms with Gasteiger partial charge in [-0.1, -0.05) is 24.3 Å². The van der Waals surface area contributed by atoms with Gasteiger partial charge in [0.25, 0.3) is 5.91 Å². The first-order valence-electron chi connectivity index (χ1n) is 8.44. The molecule has 0 bridgehead atoms. The van der Waals surface area contributed by atoms with Crippen molar-refractivity contribution in [2.75, 3.05) is 23.4 Å². The van der Waals surface area contributed by atoms with E-state index in [1.807, 2.05) is 50.2 Å². The molecule has 5 heteroatoms. The van der Waals surface area contributed by atoms with Gasteiger partial charge in [0, 0.05) is 13.0 Å². The van der Waals surface area contributed by atoms with Crippen LogP contribution in [0.25, 0.3) is 0 Å². The van der Waals surface area contributed by atoms with Gasteiger partial charge in [0.15, 0.2) is 6.61 Å². The number of anilines is 2. The van der Waals surface area contributed by atoms with Gasteiger partial charge in [-0.15, -0.1) is 0 Å². The second-order valence-corrected chi connectivity index (χ2v) is 6.20. The summed E-state index contributed by atoms with van der Waals surface area (Å²) >= 11 is 0. The third-order valence-corrected chi connectivity index (χ3v) is 4.46. The number of benzene rings is 2. The van der Waals surface area contributed by atoms with Gasteiger partial charge in [0.05, 0.1) is 11.4 Å². The number of hydrogen-bond donors (Lipinski definition) is 1. The molecular formula is C20H22N2O3. The highest BCUT2D eigenvalue weighted by molar-refractivity contribution is 6.02. The van der Waals surface area contributed by atoms with Gasteiger partial charge < -0.3 is 15.0 Å². The molecule has 2 amide bonds. The molecule has 0 unspecified atom stereocenters. The molecule has 25 heavy (non-hydrogen) atoms. The van der Waals surface area contributed by atoms with E-state index >= 15 is 0 Å². The summed E-state index contributed by atoms with van der Waals surface area (Å²) in [5.41, 5.74) is 3.52. The maximum absolute atomic E-state index is 12.3. The molecule has 1 aliphatic heterocycles. The zero-order valence-electron chi connectivity index (χ0n) is 14.5. The van der Waals surface area contributed by atoms with Gasteiger partial charge in [-0.3, -0.25) is 9.59 Å². The molecule has 2 aromatic carbocycles. The molecule has 130 valence electrons. The Hall–Kier alpha value is -2.82. The van der Waals surface area contributed by atoms with E-state index in [0.29, 0.717) is 24.4 Å². The molecule has 2 aromatic rings. The van der Waals surface area contributed by atoms with Crippen molar-refractivity contribution in [2.24, 2.45) is 0 Å². The fourth-order valence-corrected chi connectivity index (χ4v) is 2.93. The lowest BCUT2D eigenvalue weighted by Gasteiger charge is -2.20. The van der Waals surface area contributed by atoms with Gasteiger partial charge >= 0.3 is 0 Å². The largest absolute Gasteiger partial charge is 0.483 e. The molecule has 0 spiro atoms. The summed E-state index contributed by atoms with van der Waals surface area (Å²) in [6.45, 7) is 4.58. The summed E-state index contributed by atoms with van der Waals surface area (Å²) in [6, 6.07) is 13.1. The predicted molar refractivity (Wildman–Crippen MR) is 98.1 cm³/mol. The second kappa shape index (κ2) is 7.38. The SMILES string of the molecule is Cc1cccc(OCC(=O)Nc2ccccc2N2CCCC2=O)c1C. The summed E-state index contributed by atoms with van der Waals surface area (Å²) in [4.78, 5) is 26.0. The van der Waals surface area contributed by atoms with Crippen LogP contribution in [-0.4, -0.2) is 25.0 Å². The number of amides is 2. The molecule has 1 fully saturated rings. The fourth-order valence-electron chi connectivity index (χ4n) is 2.93. The maximum Gasteiger partial charge on any atom is 0.262 e. The number of ether oxygens (including phenoxy) is 1. The van der Waals surface area contributed by atoms with Crippen LogP contribution in [0.5, 0.6) is 5.75 Å². The third-order valence-electron chi connectivity index (χ3n) is 4.46. The van der Waals surface area contributed by atoms with Crippen LogP contribution in [0.1, 0.15) is 24.0 Å². The first kappa shape index (κ1) is 17.0. The number of para-hydroxylation sites is 2. The predicted octanol–water partition coefficient (Wildman–Crippen LogP) is 3.45. The normalized spacial score (nSPS) is 13.8. The van der Waals surface area contributed by atoms with Crippen LogP contribution in [0.2, 0.25) is 0 Å². The van der Waals surface area contributed by atoms with Gasteiger partial charge in [0.2, 0.25) is 5.91 Å². The zero-order chi connectivity index (χ0) is 17.8. The van der Waals surface area contributed by atoms with Crippen LogP contribution in [0.3, 0.4) is 0 Å². The Morgan fingerprint density at radius 3 is 2.72 bits per heavy atom. The van der Waals surface area contributed by atoms with Crippen molar-refractivity contribution in [1.82, 2.24) is 0 Å². The number of carbonyl (C=O) groups is 2. The number of nitrogens with one attached hydrogen (secondary N) is 1. The Balaban J connectivity index is 1.67. The topological polar surface area (TPSA) is 58.6 Å². The molecule has 0 aromatic heterocycles. The van der Waals surface area contributed by atoms with Gasteiger partial charge in [-0.05, 0) is 49.6 Å². The first-order chi connectivity index (χ1) is 12.1. The van der Waals surface area contributed by atoms with Crippen LogP contribution >= 0.6 is 0 Å². The quantitative estimate of drug-likeness (QED) is 0.908. The summed E-state index contributed by atoms with van der Waals surface area (Å²) in [5.74, 6) is 0.548. The average Bonchev–Trinajstić information content (AvgIpc) is 3.02. The van der Waals surface area contributed by atoms with Crippen molar-refractivity contribution in [1.29, 1.82) is 0 Å². The highest BCUT2D eigenvalue weighted by Gasteiger charge is 2.24. The highest BCUT2D eigenvalue weighted by atomic mass is 16.5. The van der Waals surface area contributed by atoms with Gasteiger partial charge in [-0.25, -0.2) is 0 Å². The summed E-state index contributed by atoms with van der Waals surface area (Å²) in [6.07, 6.45) is 1.40. The standard InChI is InChI=1S/C20H22N2O3/c1-14-7-5-10-18(15(14)2)25-13-19(23)21-16-8-3-4-9-17(16)22-12-6-11-20(22)24/h3-5,7-10H,6,11-13H2,1-2H3,(H,21,23). The van der Waals surface area contributed by atoms with Crippen LogP contribution in [0, 0.1) is 13.8 Å². The minimum atomic E-state index is -0.250. The summed E-state index contributed by atoms with van der Waals surface area (Å²) in [7, 11) is 0. The van der Waals surface area contributed by atoms with E-state index in [9.17, 15) is 9.59 Å². The van der Waals surface area contributed by atoms with E-state index in [0.717, 1.165) is 23.2 Å². The molecule has 1 N–H and O–H groups in total. The Labute approximate surface area is 147 Å². The number of hydrogen-bond acceptors (Lipinski definition) is 3. The average molecular weight is 338 g/mol. The molecule has 0 atom stereocenters. The van der Waals surface area contributed by atoms with Crippen molar-refractivity contribution in [2.45, 2.75) is 26.7 Å². The number of rotatable bonds is 5. The summed E-state index contributed by atoms with van der Waals surface area (Å²) < 4.78 is 5.65. The second-order valence-electron chi connectivity index (χ2n) is 6.20. The zero-order valence-corrected chi connectivity index (χ0v) is 14.5. The van der Waals surface area contributed by atoms with Gasteiger partial charge in [-0.2, -0.15) is 0 Å². The number of carbonyl (C=O) groups excluding carboxylic acids is 2. The number of nitrogens with zero attached hydrogens (tertiary/aromatic N) is 1. The van der Waals surface area contributed by atoms with Crippen LogP contribution < -0.4 is 15.0 Å². The molecule has 0 saturated carbocycles. The lowest BCUT2D eigenvalue weighted by atomic mass is 10.1. The van der Waals surface area contributed by atoms with Crippen LogP contribution in [0.15, 0.2) is 42.5 Å². The maximum atomic E-state index is 12.3. The Morgan fingerprint density at radius 2 is 1.96 bits per heavy atom. The molecule has 0 aliphatic carbocycles. The van der Waals surface area contributed by atoms with Crippen molar-refractivity contribution >= 4 is 23.2 Å². The molecular weight excluding hydrogens is 316 g/mol. The van der Waals surface area contributed by atoms with E-state index in [1.165, 1.54) is 0 Å². The lowest BCUT2D eigenvalue weighted by molar-refractivity contribution is -0.118. The van der Waals surface area contributed by atoms with Crippen molar-refractivity contribution < 1.29 is 14.3 Å². The van der Waals surface area contributed by atoms with Gasteiger partial charge in [0.1, 0.15) is 5.75 Å². The Bertz CT molecular complexity index is 801. The van der Waals surface area contributed by atoms with Crippen molar-refractivity contribution in [3.63, 3.8) is 0 Å². The Morgan fingerprint density at radius 1 is 1.16 bits per heavy atom. The van der Waals surface area contributed by atoms with E-state index in [-0.39, 0.29) is 18.4 Å². The molecule has 3 rings (SSSR count). The fraction of sp³-hybridized carbons (Fsp3) is 0.300. The summed E-state index contributed by atoms with van der Waals surface area (Å²) in [5, 5.41) is 2.85. The number of aryl methyl sites for hydroxylation is 1.